The number of ketones is 2. The Morgan fingerprint density at radius 3 is 2.03 bits per heavy atom. The number of para-hydroxylation sites is 1. The summed E-state index contributed by atoms with van der Waals surface area (Å²) in [5, 5.41) is 0.853. The number of pyridine rings is 1. The van der Waals surface area contributed by atoms with Gasteiger partial charge >= 0.3 is 0 Å². The molecule has 0 radical (unpaired) electrons. The van der Waals surface area contributed by atoms with E-state index in [1.165, 1.54) is 5.56 Å². The minimum Gasteiger partial charge on any atom is -0.297 e. The standard InChI is InChI=1S/C29H25N3O2/c33-27-22-10-4-5-11-23(22)28(34)29(27,25-14-15-30-26-13-7-6-12-24(25)26)32-18-16-31(17-19-32)20-21-8-2-1-3-9-21/h1-15H,16-20H2. The Morgan fingerprint density at radius 2 is 1.32 bits per heavy atom. The lowest BCUT2D eigenvalue weighted by atomic mass is 9.80. The van der Waals surface area contributed by atoms with Crippen molar-refractivity contribution in [2.24, 2.45) is 0 Å². The predicted molar refractivity (Wildman–Crippen MR) is 132 cm³/mol. The topological polar surface area (TPSA) is 53.5 Å². The van der Waals surface area contributed by atoms with Crippen molar-refractivity contribution >= 4 is 22.5 Å². The molecular formula is C29H25N3O2. The summed E-state index contributed by atoms with van der Waals surface area (Å²) in [6.07, 6.45) is 1.72. The van der Waals surface area contributed by atoms with E-state index in [2.05, 4.69) is 39.0 Å². The van der Waals surface area contributed by atoms with Gasteiger partial charge in [0, 0.05) is 55.4 Å². The Labute approximate surface area is 198 Å². The Hall–Kier alpha value is -3.67. The average molecular weight is 448 g/mol. The Kier molecular flexibility index (Phi) is 5.09. The monoisotopic (exact) mass is 447 g/mol. The van der Waals surface area contributed by atoms with Crippen LogP contribution in [0.15, 0.2) is 91.1 Å². The number of fused-ring (bicyclic) bond motifs is 2. The molecule has 0 N–H and O–H groups in total. The largest absolute Gasteiger partial charge is 0.297 e. The van der Waals surface area contributed by atoms with Gasteiger partial charge in [0.2, 0.25) is 0 Å². The maximum absolute atomic E-state index is 14.1. The molecule has 2 heterocycles. The Bertz CT molecular complexity index is 1350. The second-order valence-corrected chi connectivity index (χ2v) is 9.04. The molecule has 0 unspecified atom stereocenters. The van der Waals surface area contributed by atoms with Crippen molar-refractivity contribution < 1.29 is 9.59 Å². The summed E-state index contributed by atoms with van der Waals surface area (Å²) >= 11 is 0. The number of rotatable bonds is 4. The molecule has 34 heavy (non-hydrogen) atoms. The third-order valence-electron chi connectivity index (χ3n) is 7.21. The van der Waals surface area contributed by atoms with Gasteiger partial charge in [0.05, 0.1) is 5.52 Å². The number of benzene rings is 3. The highest BCUT2D eigenvalue weighted by molar-refractivity contribution is 6.33. The molecule has 0 saturated carbocycles. The second-order valence-electron chi connectivity index (χ2n) is 9.04. The van der Waals surface area contributed by atoms with Crippen molar-refractivity contribution in [3.63, 3.8) is 0 Å². The fourth-order valence-corrected chi connectivity index (χ4v) is 5.57. The first-order valence-electron chi connectivity index (χ1n) is 11.7. The van der Waals surface area contributed by atoms with E-state index in [1.54, 1.807) is 18.3 Å². The van der Waals surface area contributed by atoms with E-state index in [9.17, 15) is 9.59 Å². The van der Waals surface area contributed by atoms with Crippen LogP contribution in [0.2, 0.25) is 0 Å². The molecule has 5 heteroatoms. The fourth-order valence-electron chi connectivity index (χ4n) is 5.57. The summed E-state index contributed by atoms with van der Waals surface area (Å²) < 4.78 is 0. The van der Waals surface area contributed by atoms with E-state index < -0.39 is 5.54 Å². The van der Waals surface area contributed by atoms with Gasteiger partial charge in [-0.25, -0.2) is 0 Å². The van der Waals surface area contributed by atoms with Gasteiger partial charge in [-0.15, -0.1) is 0 Å². The van der Waals surface area contributed by atoms with Gasteiger partial charge in [0.15, 0.2) is 17.1 Å². The number of aromatic nitrogens is 1. The number of carbonyl (C=O) groups is 2. The molecule has 0 bridgehead atoms. The quantitative estimate of drug-likeness (QED) is 0.436. The first-order chi connectivity index (χ1) is 16.7. The van der Waals surface area contributed by atoms with Crippen LogP contribution in [0.3, 0.4) is 0 Å². The lowest BCUT2D eigenvalue weighted by Crippen LogP contribution is -2.60. The number of hydrogen-bond acceptors (Lipinski definition) is 5. The summed E-state index contributed by atoms with van der Waals surface area (Å²) in [4.78, 5) is 37.3. The highest BCUT2D eigenvalue weighted by atomic mass is 16.2. The molecular weight excluding hydrogens is 422 g/mol. The van der Waals surface area contributed by atoms with Crippen molar-refractivity contribution in [3.8, 4) is 0 Å². The minimum absolute atomic E-state index is 0.124. The number of Topliss-reactive ketones (excluding diaryl/α,β-unsaturated/α-hetero) is 2. The van der Waals surface area contributed by atoms with Crippen molar-refractivity contribution in [2.75, 3.05) is 26.2 Å². The number of carbonyl (C=O) groups excluding carboxylic acids is 2. The van der Waals surface area contributed by atoms with E-state index in [1.807, 2.05) is 48.5 Å². The maximum atomic E-state index is 14.1. The van der Waals surface area contributed by atoms with Gasteiger partial charge in [-0.05, 0) is 23.3 Å². The molecule has 3 aromatic carbocycles. The predicted octanol–water partition coefficient (Wildman–Crippen LogP) is 4.33. The van der Waals surface area contributed by atoms with Crippen molar-refractivity contribution in [3.05, 3.63) is 113 Å². The highest BCUT2D eigenvalue weighted by Crippen LogP contribution is 2.45. The zero-order valence-electron chi connectivity index (χ0n) is 18.9. The third-order valence-corrected chi connectivity index (χ3v) is 7.21. The molecule has 0 amide bonds. The van der Waals surface area contributed by atoms with Crippen LogP contribution in [-0.2, 0) is 12.1 Å². The zero-order chi connectivity index (χ0) is 23.1. The summed E-state index contributed by atoms with van der Waals surface area (Å²) in [5.74, 6) is -0.248. The summed E-state index contributed by atoms with van der Waals surface area (Å²) in [7, 11) is 0. The summed E-state index contributed by atoms with van der Waals surface area (Å²) in [5.41, 5.74) is 2.47. The van der Waals surface area contributed by atoms with Crippen LogP contribution < -0.4 is 0 Å². The molecule has 5 nitrogen and oxygen atoms in total. The van der Waals surface area contributed by atoms with Crippen LogP contribution in [0.5, 0.6) is 0 Å². The molecule has 0 atom stereocenters. The molecule has 1 aromatic heterocycles. The minimum atomic E-state index is -1.36. The molecule has 1 fully saturated rings. The lowest BCUT2D eigenvalue weighted by Gasteiger charge is -2.44. The number of hydrogen-bond donors (Lipinski definition) is 0. The normalized spacial score (nSPS) is 18.4. The van der Waals surface area contributed by atoms with E-state index in [-0.39, 0.29) is 11.6 Å². The molecule has 6 rings (SSSR count). The third kappa shape index (κ3) is 3.12. The van der Waals surface area contributed by atoms with E-state index in [0.717, 1.165) is 36.1 Å². The van der Waals surface area contributed by atoms with Crippen LogP contribution in [0.25, 0.3) is 10.9 Å². The Morgan fingerprint density at radius 1 is 0.706 bits per heavy atom. The van der Waals surface area contributed by atoms with Crippen LogP contribution in [0, 0.1) is 0 Å². The van der Waals surface area contributed by atoms with Gasteiger partial charge in [-0.3, -0.25) is 24.4 Å². The second kappa shape index (κ2) is 8.28. The Balaban J connectivity index is 1.43. The lowest BCUT2D eigenvalue weighted by molar-refractivity contribution is 0.0283. The maximum Gasteiger partial charge on any atom is 0.196 e. The van der Waals surface area contributed by atoms with Gasteiger partial charge < -0.3 is 0 Å². The summed E-state index contributed by atoms with van der Waals surface area (Å²) in [6.45, 7) is 3.71. The first kappa shape index (κ1) is 20.9. The van der Waals surface area contributed by atoms with Crippen LogP contribution in [-0.4, -0.2) is 52.5 Å². The molecule has 1 aliphatic heterocycles. The van der Waals surface area contributed by atoms with Crippen LogP contribution in [0.1, 0.15) is 31.8 Å². The molecule has 1 aliphatic carbocycles. The SMILES string of the molecule is O=C1c2ccccc2C(=O)C1(c1ccnc2ccccc12)N1CCN(Cc2ccccc2)CC1. The van der Waals surface area contributed by atoms with Gasteiger partial charge in [-0.2, -0.15) is 0 Å². The van der Waals surface area contributed by atoms with E-state index >= 15 is 0 Å². The molecule has 1 saturated heterocycles. The molecule has 168 valence electrons. The van der Waals surface area contributed by atoms with Crippen molar-refractivity contribution in [1.82, 2.24) is 14.8 Å². The smallest absolute Gasteiger partial charge is 0.196 e. The van der Waals surface area contributed by atoms with Crippen LogP contribution in [0.4, 0.5) is 0 Å². The van der Waals surface area contributed by atoms with Gasteiger partial charge in [0.1, 0.15) is 0 Å². The molecule has 4 aromatic rings. The number of piperazine rings is 1. The zero-order valence-corrected chi connectivity index (χ0v) is 18.9. The van der Waals surface area contributed by atoms with Crippen molar-refractivity contribution in [1.29, 1.82) is 0 Å². The van der Waals surface area contributed by atoms with Crippen LogP contribution >= 0.6 is 0 Å². The average Bonchev–Trinajstić information content (AvgIpc) is 3.12. The molecule has 0 spiro atoms. The first-order valence-corrected chi connectivity index (χ1v) is 11.7. The van der Waals surface area contributed by atoms with Crippen molar-refractivity contribution in [2.45, 2.75) is 12.1 Å². The summed E-state index contributed by atoms with van der Waals surface area (Å²) in [6, 6.07) is 27.3. The van der Waals surface area contributed by atoms with Gasteiger partial charge in [0.25, 0.3) is 0 Å². The van der Waals surface area contributed by atoms with E-state index in [0.29, 0.717) is 24.2 Å². The van der Waals surface area contributed by atoms with E-state index in [4.69, 9.17) is 0 Å². The van der Waals surface area contributed by atoms with Gasteiger partial charge in [-0.1, -0.05) is 72.8 Å². The highest BCUT2D eigenvalue weighted by Gasteiger charge is 2.58. The molecule has 2 aliphatic rings. The number of nitrogens with zero attached hydrogens (tertiary/aromatic N) is 3. The fraction of sp³-hybridized carbons (Fsp3) is 0.207.